The van der Waals surface area contributed by atoms with Gasteiger partial charge in [0, 0.05) is 23.4 Å². The standard InChI is InChI=1S/C14H14ClN3OS2/c1-19-12-5-3-2-4-11(12)17-14-18(6-7-20-14)9-10-8-16-13(15)21-10/h2-5,8H,6-7,9H2,1H3. The first kappa shape index (κ1) is 14.7. The summed E-state index contributed by atoms with van der Waals surface area (Å²) in [6.07, 6.45) is 1.83. The summed E-state index contributed by atoms with van der Waals surface area (Å²) >= 11 is 9.16. The molecule has 0 aliphatic carbocycles. The summed E-state index contributed by atoms with van der Waals surface area (Å²) < 4.78 is 5.94. The molecule has 0 radical (unpaired) electrons. The van der Waals surface area contributed by atoms with Crippen molar-refractivity contribution in [2.75, 3.05) is 19.4 Å². The van der Waals surface area contributed by atoms with Gasteiger partial charge >= 0.3 is 0 Å². The number of aromatic nitrogens is 1. The first-order valence-electron chi connectivity index (χ1n) is 6.46. The number of nitrogens with zero attached hydrogens (tertiary/aromatic N) is 3. The Labute approximate surface area is 136 Å². The molecule has 0 bridgehead atoms. The summed E-state index contributed by atoms with van der Waals surface area (Å²) in [7, 11) is 1.66. The van der Waals surface area contributed by atoms with E-state index in [9.17, 15) is 0 Å². The van der Waals surface area contributed by atoms with Crippen molar-refractivity contribution >= 4 is 45.6 Å². The molecule has 2 heterocycles. The summed E-state index contributed by atoms with van der Waals surface area (Å²) in [6.45, 7) is 1.78. The van der Waals surface area contributed by atoms with Crippen molar-refractivity contribution in [2.24, 2.45) is 4.99 Å². The zero-order valence-electron chi connectivity index (χ0n) is 11.5. The highest BCUT2D eigenvalue weighted by Crippen LogP contribution is 2.31. The number of para-hydroxylation sites is 2. The van der Waals surface area contributed by atoms with Crippen LogP contribution in [0.15, 0.2) is 35.5 Å². The predicted molar refractivity (Wildman–Crippen MR) is 90.1 cm³/mol. The highest BCUT2D eigenvalue weighted by Gasteiger charge is 2.21. The molecule has 3 rings (SSSR count). The molecule has 0 saturated carbocycles. The number of halogens is 1. The van der Waals surface area contributed by atoms with Crippen LogP contribution in [0.2, 0.25) is 4.47 Å². The van der Waals surface area contributed by atoms with Crippen LogP contribution in [-0.2, 0) is 6.54 Å². The van der Waals surface area contributed by atoms with Crippen molar-refractivity contribution in [2.45, 2.75) is 6.54 Å². The number of amidine groups is 1. The van der Waals surface area contributed by atoms with E-state index < -0.39 is 0 Å². The highest BCUT2D eigenvalue weighted by atomic mass is 35.5. The van der Waals surface area contributed by atoms with E-state index in [2.05, 4.69) is 9.88 Å². The van der Waals surface area contributed by atoms with Crippen molar-refractivity contribution in [1.82, 2.24) is 9.88 Å². The van der Waals surface area contributed by atoms with Gasteiger partial charge in [-0.25, -0.2) is 9.98 Å². The molecule has 1 aliphatic heterocycles. The molecule has 1 aromatic carbocycles. The number of thioether (sulfide) groups is 1. The number of rotatable bonds is 4. The van der Waals surface area contributed by atoms with Crippen molar-refractivity contribution in [1.29, 1.82) is 0 Å². The van der Waals surface area contributed by atoms with Crippen LogP contribution in [-0.4, -0.2) is 34.5 Å². The van der Waals surface area contributed by atoms with Gasteiger partial charge in [0.15, 0.2) is 9.63 Å². The molecule has 0 spiro atoms. The van der Waals surface area contributed by atoms with Crippen LogP contribution in [0.25, 0.3) is 0 Å². The fraction of sp³-hybridized carbons (Fsp3) is 0.286. The van der Waals surface area contributed by atoms with Crippen molar-refractivity contribution < 1.29 is 4.74 Å². The van der Waals surface area contributed by atoms with E-state index in [1.165, 1.54) is 11.3 Å². The Bertz CT molecular complexity index is 659. The molecule has 21 heavy (non-hydrogen) atoms. The van der Waals surface area contributed by atoms with Crippen molar-refractivity contribution in [3.8, 4) is 5.75 Å². The molecule has 1 aromatic heterocycles. The lowest BCUT2D eigenvalue weighted by molar-refractivity contribution is 0.415. The molecule has 0 atom stereocenters. The maximum absolute atomic E-state index is 5.89. The van der Waals surface area contributed by atoms with Gasteiger partial charge in [0.2, 0.25) is 0 Å². The van der Waals surface area contributed by atoms with E-state index in [-0.39, 0.29) is 0 Å². The third-order valence-electron chi connectivity index (χ3n) is 3.04. The monoisotopic (exact) mass is 339 g/mol. The lowest BCUT2D eigenvalue weighted by Gasteiger charge is -2.16. The normalized spacial score (nSPS) is 16.7. The quantitative estimate of drug-likeness (QED) is 0.842. The van der Waals surface area contributed by atoms with Gasteiger partial charge in [-0.15, -0.1) is 11.3 Å². The first-order chi connectivity index (χ1) is 10.3. The smallest absolute Gasteiger partial charge is 0.183 e. The summed E-state index contributed by atoms with van der Waals surface area (Å²) in [6, 6.07) is 7.80. The minimum atomic E-state index is 0.583. The van der Waals surface area contributed by atoms with E-state index in [4.69, 9.17) is 21.3 Å². The van der Waals surface area contributed by atoms with Gasteiger partial charge in [-0.1, -0.05) is 35.5 Å². The summed E-state index contributed by atoms with van der Waals surface area (Å²) in [4.78, 5) is 12.2. The fourth-order valence-electron chi connectivity index (χ4n) is 2.05. The molecule has 110 valence electrons. The lowest BCUT2D eigenvalue weighted by Crippen LogP contribution is -2.23. The number of hydrogen-bond acceptors (Lipinski definition) is 5. The number of ether oxygens (including phenoxy) is 1. The maximum atomic E-state index is 5.89. The second kappa shape index (κ2) is 6.68. The molecule has 4 nitrogen and oxygen atoms in total. The van der Waals surface area contributed by atoms with Crippen LogP contribution < -0.4 is 4.74 Å². The zero-order chi connectivity index (χ0) is 14.7. The molecule has 7 heteroatoms. The zero-order valence-corrected chi connectivity index (χ0v) is 13.8. The number of methoxy groups -OCH3 is 1. The Morgan fingerprint density at radius 1 is 1.43 bits per heavy atom. The summed E-state index contributed by atoms with van der Waals surface area (Å²) in [5.74, 6) is 1.83. The van der Waals surface area contributed by atoms with Gasteiger partial charge in [0.05, 0.1) is 13.7 Å². The van der Waals surface area contributed by atoms with E-state index in [0.717, 1.165) is 40.3 Å². The second-order valence-electron chi connectivity index (χ2n) is 4.42. The SMILES string of the molecule is COc1ccccc1N=C1SCCN1Cc1cnc(Cl)s1. The molecule has 1 fully saturated rings. The molecular weight excluding hydrogens is 326 g/mol. The predicted octanol–water partition coefficient (Wildman–Crippen LogP) is 4.04. The summed E-state index contributed by atoms with van der Waals surface area (Å²) in [5, 5.41) is 1.02. The molecule has 0 N–H and O–H groups in total. The van der Waals surface area contributed by atoms with Crippen LogP contribution >= 0.6 is 34.7 Å². The maximum Gasteiger partial charge on any atom is 0.183 e. The van der Waals surface area contributed by atoms with Crippen molar-refractivity contribution in [3.05, 3.63) is 39.8 Å². The highest BCUT2D eigenvalue weighted by molar-refractivity contribution is 8.14. The number of thiazole rings is 1. The molecule has 2 aromatic rings. The van der Waals surface area contributed by atoms with Crippen LogP contribution in [0.4, 0.5) is 5.69 Å². The molecule has 1 aliphatic rings. The average molecular weight is 340 g/mol. The Hall–Kier alpha value is -1.24. The van der Waals surface area contributed by atoms with Crippen LogP contribution in [0.1, 0.15) is 4.88 Å². The Morgan fingerprint density at radius 2 is 2.29 bits per heavy atom. The van der Waals surface area contributed by atoms with E-state index >= 15 is 0 Å². The minimum Gasteiger partial charge on any atom is -0.494 e. The largest absolute Gasteiger partial charge is 0.494 e. The fourth-order valence-corrected chi connectivity index (χ4v) is 4.04. The first-order valence-corrected chi connectivity index (χ1v) is 8.64. The lowest BCUT2D eigenvalue weighted by atomic mass is 10.3. The molecule has 1 saturated heterocycles. The van der Waals surface area contributed by atoms with Gasteiger partial charge in [0.1, 0.15) is 11.4 Å². The van der Waals surface area contributed by atoms with E-state index in [0.29, 0.717) is 4.47 Å². The van der Waals surface area contributed by atoms with Gasteiger partial charge < -0.3 is 9.64 Å². The molecular formula is C14H14ClN3OS2. The number of aliphatic imine (C=N–C) groups is 1. The van der Waals surface area contributed by atoms with Crippen molar-refractivity contribution in [3.63, 3.8) is 0 Å². The third-order valence-corrected chi connectivity index (χ3v) is 5.13. The van der Waals surface area contributed by atoms with Gasteiger partial charge in [-0.3, -0.25) is 0 Å². The second-order valence-corrected chi connectivity index (χ2v) is 7.18. The van der Waals surface area contributed by atoms with Gasteiger partial charge in [-0.2, -0.15) is 0 Å². The number of hydrogen-bond donors (Lipinski definition) is 0. The Balaban J connectivity index is 1.81. The van der Waals surface area contributed by atoms with E-state index in [1.807, 2.05) is 30.5 Å². The van der Waals surface area contributed by atoms with Crippen LogP contribution in [0, 0.1) is 0 Å². The van der Waals surface area contributed by atoms with E-state index in [1.54, 1.807) is 18.9 Å². The summed E-state index contributed by atoms with van der Waals surface area (Å²) in [5.41, 5.74) is 0.858. The Morgan fingerprint density at radius 3 is 3.05 bits per heavy atom. The topological polar surface area (TPSA) is 37.7 Å². The third kappa shape index (κ3) is 3.51. The van der Waals surface area contributed by atoms with Crippen LogP contribution in [0.3, 0.4) is 0 Å². The Kier molecular flexibility index (Phi) is 4.67. The van der Waals surface area contributed by atoms with Gasteiger partial charge in [0.25, 0.3) is 0 Å². The molecule has 0 amide bonds. The van der Waals surface area contributed by atoms with Gasteiger partial charge in [-0.05, 0) is 12.1 Å². The number of benzene rings is 1. The van der Waals surface area contributed by atoms with Crippen LogP contribution in [0.5, 0.6) is 5.75 Å². The minimum absolute atomic E-state index is 0.583. The molecule has 0 unspecified atom stereocenters. The average Bonchev–Trinajstić information content (AvgIpc) is 3.10.